The molecule has 1 saturated carbocycles. The first-order valence-electron chi connectivity index (χ1n) is 11.4. The molecule has 0 unspecified atom stereocenters. The van der Waals surface area contributed by atoms with Crippen LogP contribution in [-0.4, -0.2) is 47.4 Å². The third kappa shape index (κ3) is 3.76. The third-order valence-corrected chi connectivity index (χ3v) is 6.92. The number of benzene rings is 1. The van der Waals surface area contributed by atoms with Crippen LogP contribution in [0.2, 0.25) is 0 Å². The number of ether oxygens (including phenoxy) is 1. The lowest BCUT2D eigenvalue weighted by molar-refractivity contribution is -0.120. The highest BCUT2D eigenvalue weighted by Crippen LogP contribution is 2.40. The highest BCUT2D eigenvalue weighted by Gasteiger charge is 2.34. The summed E-state index contributed by atoms with van der Waals surface area (Å²) >= 11 is 0. The van der Waals surface area contributed by atoms with E-state index in [4.69, 9.17) is 4.74 Å². The third-order valence-electron chi connectivity index (χ3n) is 6.92. The number of hydrogen-bond donors (Lipinski definition) is 0. The molecule has 2 aromatic rings. The number of carbonyl (C=O) groups is 2. The zero-order valence-electron chi connectivity index (χ0n) is 18.3. The normalized spacial score (nSPS) is 21.8. The second-order valence-electron chi connectivity index (χ2n) is 9.20. The van der Waals surface area contributed by atoms with E-state index in [1.165, 1.54) is 12.8 Å². The van der Waals surface area contributed by atoms with Crippen LogP contribution in [-0.2, 0) is 14.3 Å². The number of anilines is 2. The van der Waals surface area contributed by atoms with Crippen molar-refractivity contribution in [3.8, 4) is 11.1 Å². The van der Waals surface area contributed by atoms with E-state index in [1.807, 2.05) is 52.0 Å². The number of carbonyl (C=O) groups excluding carboxylic acids is 2. The van der Waals surface area contributed by atoms with Gasteiger partial charge in [0.15, 0.2) is 0 Å². The van der Waals surface area contributed by atoms with Gasteiger partial charge in [0, 0.05) is 31.6 Å². The van der Waals surface area contributed by atoms with Crippen LogP contribution >= 0.6 is 0 Å². The van der Waals surface area contributed by atoms with Crippen molar-refractivity contribution in [2.24, 2.45) is 5.92 Å². The van der Waals surface area contributed by atoms with E-state index in [0.29, 0.717) is 38.1 Å². The predicted molar refractivity (Wildman–Crippen MR) is 119 cm³/mol. The fraction of sp³-hybridized carbons (Fsp3) is 0.542. The molecule has 31 heavy (non-hydrogen) atoms. The van der Waals surface area contributed by atoms with Gasteiger partial charge in [-0.1, -0.05) is 18.9 Å². The van der Waals surface area contributed by atoms with Gasteiger partial charge in [-0.25, -0.2) is 0 Å². The molecule has 7 heteroatoms. The molecule has 0 N–H and O–H groups in total. The van der Waals surface area contributed by atoms with Crippen molar-refractivity contribution in [3.05, 3.63) is 30.6 Å². The summed E-state index contributed by atoms with van der Waals surface area (Å²) in [5.41, 5.74) is 3.65. The summed E-state index contributed by atoms with van der Waals surface area (Å²) in [7, 11) is 0. The lowest BCUT2D eigenvalue weighted by Crippen LogP contribution is -2.51. The van der Waals surface area contributed by atoms with E-state index in [2.05, 4.69) is 5.10 Å². The lowest BCUT2D eigenvalue weighted by atomic mass is 9.99. The van der Waals surface area contributed by atoms with Crippen molar-refractivity contribution in [3.63, 3.8) is 0 Å². The van der Waals surface area contributed by atoms with Crippen LogP contribution in [0.15, 0.2) is 30.6 Å². The Morgan fingerprint density at radius 3 is 2.58 bits per heavy atom. The molecule has 2 amide bonds. The molecular weight excluding hydrogens is 392 g/mol. The minimum absolute atomic E-state index is 0.00203. The van der Waals surface area contributed by atoms with E-state index in [0.717, 1.165) is 35.3 Å². The average molecular weight is 423 g/mol. The molecule has 0 spiro atoms. The first-order valence-corrected chi connectivity index (χ1v) is 11.4. The van der Waals surface area contributed by atoms with E-state index in [1.54, 1.807) is 6.92 Å². The van der Waals surface area contributed by atoms with Gasteiger partial charge in [-0.3, -0.25) is 14.3 Å². The topological polar surface area (TPSA) is 67.7 Å². The largest absolute Gasteiger partial charge is 0.377 e. The van der Waals surface area contributed by atoms with Crippen molar-refractivity contribution in [2.75, 3.05) is 29.6 Å². The molecule has 0 bridgehead atoms. The molecule has 5 rings (SSSR count). The number of rotatable bonds is 4. The Hall–Kier alpha value is -2.67. The standard InChI is InChI=1S/C24H30N4O3/c1-16-12-26(24(30)9-18-5-3-4-6-18)23-10-19(7-8-22(23)28(16)17(2)29)20-11-25-27(13-20)21-14-31-15-21/h7-8,10-11,13,16,18,21H,3-6,9,12,14-15H2,1-2H3/t16-/m0/s1. The number of amides is 2. The van der Waals surface area contributed by atoms with Gasteiger partial charge in [0.05, 0.1) is 42.9 Å². The van der Waals surface area contributed by atoms with E-state index >= 15 is 0 Å². The smallest absolute Gasteiger partial charge is 0.227 e. The minimum atomic E-state index is -0.0512. The first kappa shape index (κ1) is 20.2. The van der Waals surface area contributed by atoms with Crippen LogP contribution < -0.4 is 9.80 Å². The van der Waals surface area contributed by atoms with Crippen molar-refractivity contribution in [1.82, 2.24) is 9.78 Å². The number of hydrogen-bond acceptors (Lipinski definition) is 4. The van der Waals surface area contributed by atoms with Crippen molar-refractivity contribution < 1.29 is 14.3 Å². The van der Waals surface area contributed by atoms with Crippen LogP contribution in [0.3, 0.4) is 0 Å². The molecule has 1 aliphatic carbocycles. The Morgan fingerprint density at radius 2 is 1.90 bits per heavy atom. The maximum Gasteiger partial charge on any atom is 0.227 e. The Kier molecular flexibility index (Phi) is 5.30. The zero-order valence-corrected chi connectivity index (χ0v) is 18.3. The minimum Gasteiger partial charge on any atom is -0.377 e. The predicted octanol–water partition coefficient (Wildman–Crippen LogP) is 3.79. The van der Waals surface area contributed by atoms with Gasteiger partial charge in [0.25, 0.3) is 0 Å². The molecule has 0 radical (unpaired) electrons. The number of aromatic nitrogens is 2. The summed E-state index contributed by atoms with van der Waals surface area (Å²) in [5.74, 6) is 0.660. The summed E-state index contributed by atoms with van der Waals surface area (Å²) in [4.78, 5) is 29.4. The van der Waals surface area contributed by atoms with E-state index < -0.39 is 0 Å². The molecule has 164 valence electrons. The zero-order chi connectivity index (χ0) is 21.5. The van der Waals surface area contributed by atoms with Gasteiger partial charge < -0.3 is 14.5 Å². The van der Waals surface area contributed by atoms with Gasteiger partial charge in [0.2, 0.25) is 11.8 Å². The van der Waals surface area contributed by atoms with E-state index in [9.17, 15) is 9.59 Å². The molecule has 1 atom stereocenters. The van der Waals surface area contributed by atoms with Crippen molar-refractivity contribution in [2.45, 2.75) is 58.0 Å². The quantitative estimate of drug-likeness (QED) is 0.752. The molecule has 3 aliphatic rings. The highest BCUT2D eigenvalue weighted by molar-refractivity contribution is 6.04. The van der Waals surface area contributed by atoms with Crippen LogP contribution in [0.1, 0.15) is 52.0 Å². The van der Waals surface area contributed by atoms with E-state index in [-0.39, 0.29) is 17.9 Å². The Morgan fingerprint density at radius 1 is 1.13 bits per heavy atom. The fourth-order valence-electron chi connectivity index (χ4n) is 5.16. The van der Waals surface area contributed by atoms with Crippen molar-refractivity contribution in [1.29, 1.82) is 0 Å². The van der Waals surface area contributed by atoms with Gasteiger partial charge in [-0.15, -0.1) is 0 Å². The summed E-state index contributed by atoms with van der Waals surface area (Å²) in [6, 6.07) is 6.28. The second kappa shape index (κ2) is 8.11. The summed E-state index contributed by atoms with van der Waals surface area (Å²) in [5, 5.41) is 4.50. The summed E-state index contributed by atoms with van der Waals surface area (Å²) in [6.45, 7) is 5.52. The van der Waals surface area contributed by atoms with Crippen LogP contribution in [0.4, 0.5) is 11.4 Å². The Balaban J connectivity index is 1.49. The maximum atomic E-state index is 13.3. The summed E-state index contributed by atoms with van der Waals surface area (Å²) in [6.07, 6.45) is 9.23. The molecule has 1 saturated heterocycles. The maximum absolute atomic E-state index is 13.3. The molecule has 2 aliphatic heterocycles. The SMILES string of the molecule is CC(=O)N1c2ccc(-c3cnn(C4COC4)c3)cc2N(C(=O)CC2CCCC2)C[C@@H]1C. The van der Waals surface area contributed by atoms with Crippen LogP contribution in [0.25, 0.3) is 11.1 Å². The lowest BCUT2D eigenvalue weighted by Gasteiger charge is -2.41. The first-order chi connectivity index (χ1) is 15.0. The Bertz CT molecular complexity index is 990. The van der Waals surface area contributed by atoms with Crippen molar-refractivity contribution >= 4 is 23.2 Å². The number of nitrogens with zero attached hydrogens (tertiary/aromatic N) is 4. The van der Waals surface area contributed by atoms with Crippen LogP contribution in [0, 0.1) is 5.92 Å². The highest BCUT2D eigenvalue weighted by atomic mass is 16.5. The van der Waals surface area contributed by atoms with Gasteiger partial charge >= 0.3 is 0 Å². The average Bonchev–Trinajstić information content (AvgIpc) is 3.37. The molecule has 7 nitrogen and oxygen atoms in total. The molecule has 1 aromatic heterocycles. The van der Waals surface area contributed by atoms with Gasteiger partial charge in [-0.2, -0.15) is 5.10 Å². The van der Waals surface area contributed by atoms with Gasteiger partial charge in [0.1, 0.15) is 0 Å². The molecule has 3 heterocycles. The summed E-state index contributed by atoms with van der Waals surface area (Å²) < 4.78 is 7.22. The fourth-order valence-corrected chi connectivity index (χ4v) is 5.16. The number of fused-ring (bicyclic) bond motifs is 1. The molecule has 1 aromatic carbocycles. The molecular formula is C24H30N4O3. The second-order valence-corrected chi connectivity index (χ2v) is 9.20. The van der Waals surface area contributed by atoms with Gasteiger partial charge in [-0.05, 0) is 43.4 Å². The van der Waals surface area contributed by atoms with Crippen LogP contribution in [0.5, 0.6) is 0 Å². The molecule has 2 fully saturated rings. The monoisotopic (exact) mass is 422 g/mol. The Labute approximate surface area is 183 Å².